The second-order valence-corrected chi connectivity index (χ2v) is 6.18. The topological polar surface area (TPSA) is 35.0 Å². The molecule has 0 aliphatic rings. The number of ether oxygens (including phenoxy) is 1. The highest BCUT2D eigenvalue weighted by atomic mass is 35.5. The fraction of sp³-hybridized carbons (Fsp3) is 0. The van der Waals surface area contributed by atoms with Crippen LogP contribution in [0.5, 0.6) is 11.6 Å². The molecule has 0 radical (unpaired) electrons. The Morgan fingerprint density at radius 1 is 0.654 bits per heavy atom. The summed E-state index contributed by atoms with van der Waals surface area (Å²) in [5.74, 6) is 1.21. The molecular weight excluding hydrogens is 344 g/mol. The third-order valence-electron chi connectivity index (χ3n) is 3.95. The lowest BCUT2D eigenvalue weighted by molar-refractivity contribution is 0.462. The van der Waals surface area contributed by atoms with Gasteiger partial charge in [-0.1, -0.05) is 66.2 Å². The molecule has 0 unspecified atom stereocenters. The van der Waals surface area contributed by atoms with Crippen LogP contribution in [0.15, 0.2) is 91.3 Å². The summed E-state index contributed by atoms with van der Waals surface area (Å²) in [5, 5.41) is 0.667. The molecule has 3 aromatic carbocycles. The number of benzene rings is 3. The quantitative estimate of drug-likeness (QED) is 0.432. The third kappa shape index (κ3) is 3.73. The van der Waals surface area contributed by atoms with Crippen LogP contribution in [0.25, 0.3) is 22.4 Å². The number of rotatable bonds is 4. The maximum atomic E-state index is 6.05. The minimum atomic E-state index is 0.488. The first-order chi connectivity index (χ1) is 12.8. The van der Waals surface area contributed by atoms with E-state index in [2.05, 4.69) is 22.1 Å². The third-order valence-corrected chi connectivity index (χ3v) is 4.18. The fourth-order valence-corrected chi connectivity index (χ4v) is 2.86. The summed E-state index contributed by atoms with van der Waals surface area (Å²) >= 11 is 6.05. The van der Waals surface area contributed by atoms with E-state index in [1.165, 1.54) is 11.9 Å². The lowest BCUT2D eigenvalue weighted by atomic mass is 10.1. The highest BCUT2D eigenvalue weighted by Crippen LogP contribution is 2.27. The van der Waals surface area contributed by atoms with Crippen LogP contribution in [0.2, 0.25) is 5.02 Å². The lowest BCUT2D eigenvalue weighted by Gasteiger charge is -2.08. The van der Waals surface area contributed by atoms with Crippen LogP contribution in [-0.4, -0.2) is 9.97 Å². The molecule has 0 spiro atoms. The Bertz CT molecular complexity index is 1020. The molecule has 4 heteroatoms. The number of hydrogen-bond acceptors (Lipinski definition) is 3. The van der Waals surface area contributed by atoms with Gasteiger partial charge in [0.2, 0.25) is 5.88 Å². The summed E-state index contributed by atoms with van der Waals surface area (Å²) < 4.78 is 5.88. The number of hydrogen-bond donors (Lipinski definition) is 0. The van der Waals surface area contributed by atoms with E-state index in [0.717, 1.165) is 22.6 Å². The zero-order valence-electron chi connectivity index (χ0n) is 13.8. The van der Waals surface area contributed by atoms with Crippen LogP contribution in [0.3, 0.4) is 0 Å². The zero-order chi connectivity index (χ0) is 17.8. The number of aromatic nitrogens is 2. The largest absolute Gasteiger partial charge is 0.439 e. The molecule has 0 fully saturated rings. The van der Waals surface area contributed by atoms with Gasteiger partial charge in [-0.3, -0.25) is 0 Å². The Morgan fingerprint density at radius 3 is 2.15 bits per heavy atom. The van der Waals surface area contributed by atoms with E-state index >= 15 is 0 Å². The van der Waals surface area contributed by atoms with Gasteiger partial charge in [0, 0.05) is 16.7 Å². The van der Waals surface area contributed by atoms with Crippen LogP contribution >= 0.6 is 11.6 Å². The first-order valence-electron chi connectivity index (χ1n) is 8.19. The van der Waals surface area contributed by atoms with Crippen LogP contribution in [-0.2, 0) is 0 Å². The maximum absolute atomic E-state index is 6.05. The predicted molar refractivity (Wildman–Crippen MR) is 104 cm³/mol. The molecule has 0 atom stereocenters. The van der Waals surface area contributed by atoms with Crippen LogP contribution < -0.4 is 4.74 Å². The highest BCUT2D eigenvalue weighted by Gasteiger charge is 2.05. The minimum absolute atomic E-state index is 0.488. The highest BCUT2D eigenvalue weighted by molar-refractivity contribution is 6.30. The normalized spacial score (nSPS) is 10.5. The van der Waals surface area contributed by atoms with Crippen molar-refractivity contribution in [3.8, 4) is 34.0 Å². The molecule has 0 aliphatic heterocycles. The lowest BCUT2D eigenvalue weighted by Crippen LogP contribution is -1.91. The summed E-state index contributed by atoms with van der Waals surface area (Å²) in [6.45, 7) is 0. The van der Waals surface area contributed by atoms with Gasteiger partial charge in [-0.15, -0.1) is 0 Å². The van der Waals surface area contributed by atoms with Crippen LogP contribution in [0, 0.1) is 0 Å². The Kier molecular flexibility index (Phi) is 4.63. The first-order valence-corrected chi connectivity index (χ1v) is 8.57. The van der Waals surface area contributed by atoms with Gasteiger partial charge in [0.1, 0.15) is 12.1 Å². The number of halogens is 1. The fourth-order valence-electron chi connectivity index (χ4n) is 2.67. The summed E-state index contributed by atoms with van der Waals surface area (Å²) in [4.78, 5) is 8.49. The Balaban J connectivity index is 1.55. The van der Waals surface area contributed by atoms with Crippen LogP contribution in [0.4, 0.5) is 0 Å². The summed E-state index contributed by atoms with van der Waals surface area (Å²) in [6, 6.07) is 27.5. The molecule has 0 bridgehead atoms. The van der Waals surface area contributed by atoms with E-state index in [0.29, 0.717) is 10.9 Å². The minimum Gasteiger partial charge on any atom is -0.439 e. The molecule has 0 N–H and O–H groups in total. The molecule has 1 aromatic heterocycles. The smallest absolute Gasteiger partial charge is 0.222 e. The molecule has 0 aliphatic carbocycles. The molecular formula is C22H15ClN2O. The Morgan fingerprint density at radius 2 is 1.38 bits per heavy atom. The monoisotopic (exact) mass is 358 g/mol. The van der Waals surface area contributed by atoms with E-state index in [1.54, 1.807) is 6.07 Å². The molecule has 0 saturated carbocycles. The van der Waals surface area contributed by atoms with Gasteiger partial charge in [-0.2, -0.15) is 0 Å². The Hall–Kier alpha value is -3.17. The van der Waals surface area contributed by atoms with Crippen molar-refractivity contribution in [2.75, 3.05) is 0 Å². The molecule has 1 heterocycles. The zero-order valence-corrected chi connectivity index (χ0v) is 14.6. The van der Waals surface area contributed by atoms with Gasteiger partial charge in [0.15, 0.2) is 0 Å². The van der Waals surface area contributed by atoms with Gasteiger partial charge in [0.25, 0.3) is 0 Å². The van der Waals surface area contributed by atoms with Gasteiger partial charge in [-0.25, -0.2) is 9.97 Å². The van der Waals surface area contributed by atoms with E-state index in [1.807, 2.05) is 66.7 Å². The first kappa shape index (κ1) is 16.3. The standard InChI is InChI=1S/C22H15ClN2O/c23-19-8-4-7-18(13-19)21-14-22(25-15-24-21)26-20-11-9-17(10-12-20)16-5-2-1-3-6-16/h1-15H. The molecule has 4 rings (SSSR count). The van der Waals surface area contributed by atoms with E-state index < -0.39 is 0 Å². The second-order valence-electron chi connectivity index (χ2n) is 5.74. The maximum Gasteiger partial charge on any atom is 0.222 e. The van der Waals surface area contributed by atoms with Gasteiger partial charge < -0.3 is 4.74 Å². The average molecular weight is 359 g/mol. The van der Waals surface area contributed by atoms with Crippen molar-refractivity contribution >= 4 is 11.6 Å². The summed E-state index contributed by atoms with van der Waals surface area (Å²) in [7, 11) is 0. The Labute approximate surface area is 156 Å². The molecule has 0 saturated heterocycles. The second kappa shape index (κ2) is 7.38. The van der Waals surface area contributed by atoms with E-state index in [9.17, 15) is 0 Å². The molecule has 26 heavy (non-hydrogen) atoms. The van der Waals surface area contributed by atoms with Crippen LogP contribution in [0.1, 0.15) is 0 Å². The predicted octanol–water partition coefficient (Wildman–Crippen LogP) is 6.26. The van der Waals surface area contributed by atoms with Crippen molar-refractivity contribution in [3.63, 3.8) is 0 Å². The van der Waals surface area contributed by atoms with E-state index in [-0.39, 0.29) is 0 Å². The van der Waals surface area contributed by atoms with Crippen molar-refractivity contribution in [2.24, 2.45) is 0 Å². The number of nitrogens with zero attached hydrogens (tertiary/aromatic N) is 2. The molecule has 0 amide bonds. The van der Waals surface area contributed by atoms with Gasteiger partial charge in [-0.05, 0) is 35.4 Å². The average Bonchev–Trinajstić information content (AvgIpc) is 2.69. The summed E-state index contributed by atoms with van der Waals surface area (Å²) in [6.07, 6.45) is 1.49. The van der Waals surface area contributed by atoms with Crippen molar-refractivity contribution < 1.29 is 4.74 Å². The molecule has 4 aromatic rings. The van der Waals surface area contributed by atoms with Crippen molar-refractivity contribution in [1.82, 2.24) is 9.97 Å². The van der Waals surface area contributed by atoms with Crippen molar-refractivity contribution in [1.29, 1.82) is 0 Å². The van der Waals surface area contributed by atoms with Crippen molar-refractivity contribution in [3.05, 3.63) is 96.3 Å². The van der Waals surface area contributed by atoms with E-state index in [4.69, 9.17) is 16.3 Å². The van der Waals surface area contributed by atoms with Gasteiger partial charge in [0.05, 0.1) is 5.69 Å². The van der Waals surface area contributed by atoms with Crippen molar-refractivity contribution in [2.45, 2.75) is 0 Å². The summed E-state index contributed by atoms with van der Waals surface area (Å²) in [5.41, 5.74) is 3.99. The molecule has 3 nitrogen and oxygen atoms in total. The molecule has 126 valence electrons. The van der Waals surface area contributed by atoms with Gasteiger partial charge >= 0.3 is 0 Å². The SMILES string of the molecule is Clc1cccc(-c2cc(Oc3ccc(-c4ccccc4)cc3)ncn2)c1.